The summed E-state index contributed by atoms with van der Waals surface area (Å²) in [5, 5.41) is 48.9. The highest BCUT2D eigenvalue weighted by Gasteiger charge is 2.53. The first-order valence-corrected chi connectivity index (χ1v) is 19.5. The van der Waals surface area contributed by atoms with Crippen LogP contribution in [0, 0.1) is 0 Å². The maximum atomic E-state index is 13.9. The van der Waals surface area contributed by atoms with E-state index in [2.05, 4.69) is 5.32 Å². The van der Waals surface area contributed by atoms with Gasteiger partial charge < -0.3 is 58.9 Å². The number of aliphatic hydroxyl groups excluding tert-OH is 1. The molecule has 16 heteroatoms. The monoisotopic (exact) mass is 797 g/mol. The van der Waals surface area contributed by atoms with E-state index >= 15 is 0 Å². The standard InChI is InChI=1S/C41H51NO15/c1-7-41(50)16-27(32-21(34(41)40(49)51-6)13-22-33(37(32)48)36(47)31-20(35(22)46)9-8-10-25(31)44)55-29-14-23(42-5)38(18(3)53-29)57-30-15-26(45)39(19(4)54-30)56-28-12-11-24(43)17(2)52-28/h8-10,13,17-19,23,26-30,34,38-39,42,44-45,48,50H,7,11-12,14-16H2,1-6H3/t17-,18-,19-,23-,26-,27-,28-,29-,30-,34-,38+,39+,41+/m0/s1. The smallest absolute Gasteiger partial charge is 0.316 e. The van der Waals surface area contributed by atoms with Gasteiger partial charge in [-0.15, -0.1) is 0 Å². The van der Waals surface area contributed by atoms with E-state index in [1.807, 2.05) is 0 Å². The number of esters is 1. The van der Waals surface area contributed by atoms with Crippen molar-refractivity contribution in [3.63, 3.8) is 0 Å². The molecule has 310 valence electrons. The van der Waals surface area contributed by atoms with E-state index in [-0.39, 0.29) is 70.9 Å². The van der Waals surface area contributed by atoms with E-state index in [0.29, 0.717) is 12.8 Å². The van der Waals surface area contributed by atoms with Crippen LogP contribution in [0.1, 0.15) is 121 Å². The number of aromatic hydroxyl groups is 2. The molecule has 16 nitrogen and oxygen atoms in total. The number of fused-ring (bicyclic) bond motifs is 3. The number of ketones is 3. The Hall–Kier alpha value is -3.84. The van der Waals surface area contributed by atoms with E-state index in [9.17, 15) is 39.6 Å². The van der Waals surface area contributed by atoms with Crippen LogP contribution in [0.4, 0.5) is 0 Å². The number of rotatable bonds is 9. The van der Waals surface area contributed by atoms with Crippen LogP contribution in [0.15, 0.2) is 24.3 Å². The number of likely N-dealkylation sites (N-methyl/N-ethyl adjacent to an activating group) is 1. The minimum absolute atomic E-state index is 0.00447. The van der Waals surface area contributed by atoms with E-state index in [1.165, 1.54) is 31.4 Å². The molecule has 2 aromatic rings. The van der Waals surface area contributed by atoms with Crippen molar-refractivity contribution < 1.29 is 72.8 Å². The van der Waals surface area contributed by atoms with Gasteiger partial charge in [-0.1, -0.05) is 19.1 Å². The number of hydrogen-bond acceptors (Lipinski definition) is 16. The number of hydrogen-bond donors (Lipinski definition) is 5. The molecule has 5 N–H and O–H groups in total. The van der Waals surface area contributed by atoms with Gasteiger partial charge in [0.1, 0.15) is 35.7 Å². The van der Waals surface area contributed by atoms with Crippen molar-refractivity contribution in [2.75, 3.05) is 14.2 Å². The predicted molar refractivity (Wildman–Crippen MR) is 197 cm³/mol. The molecule has 2 aromatic carbocycles. The summed E-state index contributed by atoms with van der Waals surface area (Å²) < 4.78 is 42.3. The lowest BCUT2D eigenvalue weighted by atomic mass is 9.67. The molecule has 7 rings (SSSR count). The zero-order valence-corrected chi connectivity index (χ0v) is 32.8. The second kappa shape index (κ2) is 16.1. The summed E-state index contributed by atoms with van der Waals surface area (Å²) in [6.07, 6.45) is -6.70. The van der Waals surface area contributed by atoms with Gasteiger partial charge in [-0.2, -0.15) is 0 Å². The maximum Gasteiger partial charge on any atom is 0.316 e. The highest BCUT2D eigenvalue weighted by atomic mass is 16.7. The fourth-order valence-electron chi connectivity index (χ4n) is 9.08. The number of aliphatic hydroxyl groups is 2. The quantitative estimate of drug-likeness (QED) is 0.196. The van der Waals surface area contributed by atoms with Crippen molar-refractivity contribution in [2.24, 2.45) is 0 Å². The lowest BCUT2D eigenvalue weighted by molar-refractivity contribution is -0.321. The summed E-state index contributed by atoms with van der Waals surface area (Å²) in [5.74, 6) is -4.61. The van der Waals surface area contributed by atoms with Crippen molar-refractivity contribution in [3.8, 4) is 11.5 Å². The number of carbonyl (C=O) groups is 4. The number of benzene rings is 2. The molecule has 13 atom stereocenters. The molecule has 0 aromatic heterocycles. The van der Waals surface area contributed by atoms with Crippen LogP contribution in [0.25, 0.3) is 0 Å². The zero-order valence-electron chi connectivity index (χ0n) is 32.8. The lowest BCUT2D eigenvalue weighted by Gasteiger charge is -2.47. The zero-order chi connectivity index (χ0) is 41.1. The number of methoxy groups -OCH3 is 1. The van der Waals surface area contributed by atoms with Gasteiger partial charge in [-0.3, -0.25) is 19.2 Å². The molecule has 3 saturated heterocycles. The molecule has 3 heterocycles. The largest absolute Gasteiger partial charge is 0.507 e. The van der Waals surface area contributed by atoms with Crippen LogP contribution in [0.2, 0.25) is 0 Å². The minimum Gasteiger partial charge on any atom is -0.507 e. The van der Waals surface area contributed by atoms with E-state index in [1.54, 1.807) is 34.7 Å². The van der Waals surface area contributed by atoms with Gasteiger partial charge in [0.05, 0.1) is 48.3 Å². The Bertz CT molecular complexity index is 1910. The van der Waals surface area contributed by atoms with Crippen molar-refractivity contribution in [3.05, 3.63) is 57.6 Å². The SMILES string of the molecule is CC[C@@]1(O)C[C@H](O[C@H]2C[C@H](NC)[C@H](O[C@H]3C[C@H](O)[C@H](O[C@H]4CCC(=O)[C@H](C)O4)[C@H](C)O3)[C@H](C)O2)c2c(cc3c(c2O)C(=O)c2c(O)cccc2C3=O)[C@H]1C(=O)OC. The second-order valence-corrected chi connectivity index (χ2v) is 15.6. The van der Waals surface area contributed by atoms with Crippen LogP contribution in [-0.4, -0.2) is 125 Å². The molecule has 0 amide bonds. The Balaban J connectivity index is 1.12. The summed E-state index contributed by atoms with van der Waals surface area (Å²) in [7, 11) is 2.92. The third-order valence-corrected chi connectivity index (χ3v) is 12.2. The van der Waals surface area contributed by atoms with Crippen molar-refractivity contribution in [1.29, 1.82) is 0 Å². The third kappa shape index (κ3) is 7.40. The predicted octanol–water partition coefficient (Wildman–Crippen LogP) is 2.82. The van der Waals surface area contributed by atoms with E-state index in [4.69, 9.17) is 33.2 Å². The average Bonchev–Trinajstić information content (AvgIpc) is 3.17. The van der Waals surface area contributed by atoms with Crippen LogP contribution in [-0.2, 0) is 42.7 Å². The summed E-state index contributed by atoms with van der Waals surface area (Å²) in [6, 6.07) is 5.04. The summed E-state index contributed by atoms with van der Waals surface area (Å²) in [4.78, 5) is 52.9. The molecule has 0 spiro atoms. The Morgan fingerprint density at radius 2 is 1.60 bits per heavy atom. The first-order valence-electron chi connectivity index (χ1n) is 19.5. The minimum atomic E-state index is -1.76. The van der Waals surface area contributed by atoms with E-state index in [0.717, 1.165) is 0 Å². The molecular weight excluding hydrogens is 746 g/mol. The second-order valence-electron chi connectivity index (χ2n) is 15.6. The van der Waals surface area contributed by atoms with Gasteiger partial charge in [-0.05, 0) is 51.9 Å². The van der Waals surface area contributed by atoms with Gasteiger partial charge in [0.15, 0.2) is 30.4 Å². The van der Waals surface area contributed by atoms with Crippen LogP contribution in [0.5, 0.6) is 11.5 Å². The van der Waals surface area contributed by atoms with Crippen molar-refractivity contribution in [2.45, 2.75) is 145 Å². The maximum absolute atomic E-state index is 13.9. The number of carbonyl (C=O) groups excluding carboxylic acids is 4. The number of Topliss-reactive ketones (excluding diaryl/α,β-unsaturated/α-hetero) is 1. The third-order valence-electron chi connectivity index (χ3n) is 12.2. The number of ether oxygens (including phenoxy) is 7. The molecule has 2 aliphatic carbocycles. The molecule has 3 aliphatic heterocycles. The molecule has 0 unspecified atom stereocenters. The van der Waals surface area contributed by atoms with Crippen molar-refractivity contribution in [1.82, 2.24) is 5.32 Å². The Kier molecular flexibility index (Phi) is 11.7. The lowest BCUT2D eigenvalue weighted by Crippen LogP contribution is -2.58. The van der Waals surface area contributed by atoms with Gasteiger partial charge in [0.25, 0.3) is 0 Å². The van der Waals surface area contributed by atoms with Gasteiger partial charge in [-0.25, -0.2) is 0 Å². The fourth-order valence-corrected chi connectivity index (χ4v) is 9.08. The summed E-state index contributed by atoms with van der Waals surface area (Å²) in [5.41, 5.74) is -2.51. The highest BCUT2D eigenvalue weighted by molar-refractivity contribution is 6.30. The molecule has 3 fully saturated rings. The first-order chi connectivity index (χ1) is 27.1. The van der Waals surface area contributed by atoms with E-state index < -0.39 is 102 Å². The molecule has 5 aliphatic rings. The number of phenols is 2. The van der Waals surface area contributed by atoms with Crippen molar-refractivity contribution >= 4 is 23.3 Å². The van der Waals surface area contributed by atoms with Gasteiger partial charge in [0.2, 0.25) is 5.78 Å². The summed E-state index contributed by atoms with van der Waals surface area (Å²) in [6.45, 7) is 6.92. The number of phenolic OH excluding ortho intramolecular Hbond substituents is 2. The van der Waals surface area contributed by atoms with Gasteiger partial charge >= 0.3 is 5.97 Å². The van der Waals surface area contributed by atoms with Crippen LogP contribution < -0.4 is 5.32 Å². The fraction of sp³-hybridized carbons (Fsp3) is 0.610. The first kappa shape index (κ1) is 41.3. The van der Waals surface area contributed by atoms with Crippen LogP contribution >= 0.6 is 0 Å². The molecular formula is C41H51NO15. The molecule has 0 bridgehead atoms. The normalized spacial score (nSPS) is 36.6. The topological polar surface area (TPSA) is 226 Å². The molecule has 0 saturated carbocycles. The Morgan fingerprint density at radius 3 is 2.25 bits per heavy atom. The van der Waals surface area contributed by atoms with Crippen LogP contribution in [0.3, 0.4) is 0 Å². The highest BCUT2D eigenvalue weighted by Crippen LogP contribution is 2.54. The van der Waals surface area contributed by atoms with Gasteiger partial charge in [0, 0.05) is 54.8 Å². The Labute approximate surface area is 329 Å². The average molecular weight is 798 g/mol. The number of nitrogens with one attached hydrogen (secondary N) is 1. The molecule has 0 radical (unpaired) electrons. The summed E-state index contributed by atoms with van der Waals surface area (Å²) >= 11 is 0. The Morgan fingerprint density at radius 1 is 0.912 bits per heavy atom. The molecule has 57 heavy (non-hydrogen) atoms.